The average Bonchev–Trinajstić information content (AvgIpc) is 3.23. The number of aromatic nitrogens is 1. The van der Waals surface area contributed by atoms with Gasteiger partial charge in [-0.2, -0.15) is 0 Å². The lowest BCUT2D eigenvalue weighted by atomic mass is 10.2. The van der Waals surface area contributed by atoms with Crippen LogP contribution in [0, 0.1) is 0 Å². The van der Waals surface area contributed by atoms with E-state index in [4.69, 9.17) is 0 Å². The van der Waals surface area contributed by atoms with Gasteiger partial charge in [-0.25, -0.2) is 4.98 Å². The third-order valence-corrected chi connectivity index (χ3v) is 6.27. The van der Waals surface area contributed by atoms with Crippen molar-refractivity contribution in [3.8, 4) is 0 Å². The third-order valence-electron chi connectivity index (χ3n) is 4.21. The normalized spacial score (nSPS) is 18.1. The van der Waals surface area contributed by atoms with E-state index in [0.29, 0.717) is 0 Å². The van der Waals surface area contributed by atoms with Crippen LogP contribution < -0.4 is 4.90 Å². The van der Waals surface area contributed by atoms with Gasteiger partial charge in [-0.1, -0.05) is 0 Å². The minimum absolute atomic E-state index is 0.216. The maximum Gasteiger partial charge on any atom is 0.264 e. The van der Waals surface area contributed by atoms with Crippen molar-refractivity contribution < 1.29 is 4.79 Å². The second kappa shape index (κ2) is 5.42. The van der Waals surface area contributed by atoms with Crippen molar-refractivity contribution in [3.05, 3.63) is 33.0 Å². The number of nitrogens with zero attached hydrogens (tertiary/aromatic N) is 3. The molecule has 4 rings (SSSR count). The molecule has 3 heterocycles. The summed E-state index contributed by atoms with van der Waals surface area (Å²) in [6.45, 7) is 3.34. The fraction of sp³-hybridized carbons (Fsp3) is 0.467. The van der Waals surface area contributed by atoms with E-state index in [1.807, 2.05) is 16.5 Å². The quantitative estimate of drug-likeness (QED) is 0.854. The van der Waals surface area contributed by atoms with E-state index >= 15 is 0 Å². The van der Waals surface area contributed by atoms with Crippen molar-refractivity contribution in [2.45, 2.75) is 19.3 Å². The van der Waals surface area contributed by atoms with Crippen LogP contribution in [0.1, 0.15) is 26.5 Å². The Kier molecular flexibility index (Phi) is 3.43. The van der Waals surface area contributed by atoms with Crippen LogP contribution in [0.4, 0.5) is 5.13 Å². The summed E-state index contributed by atoms with van der Waals surface area (Å²) in [7, 11) is 0. The van der Waals surface area contributed by atoms with Gasteiger partial charge in [-0.05, 0) is 30.9 Å². The van der Waals surface area contributed by atoms with Crippen molar-refractivity contribution in [2.24, 2.45) is 0 Å². The molecule has 0 saturated carbocycles. The Morgan fingerprint density at radius 3 is 2.76 bits per heavy atom. The lowest BCUT2D eigenvalue weighted by Gasteiger charge is -2.34. The van der Waals surface area contributed by atoms with Gasteiger partial charge in [0.25, 0.3) is 5.91 Å². The van der Waals surface area contributed by atoms with Crippen molar-refractivity contribution in [1.29, 1.82) is 0 Å². The molecule has 1 saturated heterocycles. The van der Waals surface area contributed by atoms with Crippen LogP contribution in [0.3, 0.4) is 0 Å². The topological polar surface area (TPSA) is 36.4 Å². The first-order valence-electron chi connectivity index (χ1n) is 7.36. The zero-order valence-corrected chi connectivity index (χ0v) is 13.4. The minimum atomic E-state index is 0.216. The van der Waals surface area contributed by atoms with Crippen molar-refractivity contribution in [3.63, 3.8) is 0 Å². The van der Waals surface area contributed by atoms with E-state index in [-0.39, 0.29) is 5.91 Å². The fourth-order valence-electron chi connectivity index (χ4n) is 3.06. The summed E-state index contributed by atoms with van der Waals surface area (Å²) in [5, 5.41) is 3.07. The average molecular weight is 319 g/mol. The molecule has 0 aromatic carbocycles. The molecule has 2 aromatic heterocycles. The third kappa shape index (κ3) is 2.46. The lowest BCUT2D eigenvalue weighted by molar-refractivity contribution is 0.0751. The number of carbonyl (C=O) groups is 1. The number of hydrogen-bond donors (Lipinski definition) is 0. The van der Waals surface area contributed by atoms with Crippen LogP contribution in [0.5, 0.6) is 0 Å². The number of hydrogen-bond acceptors (Lipinski definition) is 5. The molecule has 0 bridgehead atoms. The number of thiazole rings is 1. The minimum Gasteiger partial charge on any atom is -0.345 e. The molecule has 2 aliphatic rings. The van der Waals surface area contributed by atoms with Crippen molar-refractivity contribution >= 4 is 33.7 Å². The molecule has 4 nitrogen and oxygen atoms in total. The number of thiophene rings is 1. The fourth-order valence-corrected chi connectivity index (χ4v) is 4.98. The van der Waals surface area contributed by atoms with Gasteiger partial charge >= 0.3 is 0 Å². The monoisotopic (exact) mass is 319 g/mol. The Bertz CT molecular complexity index is 620. The summed E-state index contributed by atoms with van der Waals surface area (Å²) < 4.78 is 0. The molecular formula is C15H17N3OS2. The van der Waals surface area contributed by atoms with Gasteiger partial charge in [0.1, 0.15) is 0 Å². The summed E-state index contributed by atoms with van der Waals surface area (Å²) in [6, 6.07) is 2.13. The van der Waals surface area contributed by atoms with E-state index in [2.05, 4.69) is 16.0 Å². The molecule has 1 aliphatic carbocycles. The van der Waals surface area contributed by atoms with E-state index in [0.717, 1.165) is 49.0 Å². The molecule has 1 fully saturated rings. The standard InChI is InChI=1S/C15H17N3OS2/c19-14(13-10-11-2-1-3-12(11)21-13)17-5-7-18(8-6-17)15-16-4-9-20-15/h4,9-10H,1-3,5-8H2. The lowest BCUT2D eigenvalue weighted by Crippen LogP contribution is -2.48. The van der Waals surface area contributed by atoms with E-state index in [1.165, 1.54) is 16.9 Å². The summed E-state index contributed by atoms with van der Waals surface area (Å²) in [5.41, 5.74) is 1.41. The Morgan fingerprint density at radius 2 is 2.05 bits per heavy atom. The first-order valence-corrected chi connectivity index (χ1v) is 9.06. The number of fused-ring (bicyclic) bond motifs is 1. The maximum atomic E-state index is 12.6. The van der Waals surface area contributed by atoms with Crippen molar-refractivity contribution in [2.75, 3.05) is 31.1 Å². The van der Waals surface area contributed by atoms with Crippen LogP contribution in [-0.4, -0.2) is 42.0 Å². The highest BCUT2D eigenvalue weighted by Gasteiger charge is 2.26. The van der Waals surface area contributed by atoms with Gasteiger partial charge < -0.3 is 9.80 Å². The Hall–Kier alpha value is -1.40. The zero-order valence-electron chi connectivity index (χ0n) is 11.7. The Morgan fingerprint density at radius 1 is 1.19 bits per heavy atom. The summed E-state index contributed by atoms with van der Waals surface area (Å²) in [5.74, 6) is 0.216. The highest BCUT2D eigenvalue weighted by molar-refractivity contribution is 7.14. The van der Waals surface area contributed by atoms with Crippen LogP contribution in [0.25, 0.3) is 0 Å². The Balaban J connectivity index is 1.42. The van der Waals surface area contributed by atoms with Gasteiger partial charge in [0.2, 0.25) is 0 Å². The molecule has 21 heavy (non-hydrogen) atoms. The Labute approximate surface area is 132 Å². The van der Waals surface area contributed by atoms with Crippen molar-refractivity contribution in [1.82, 2.24) is 9.88 Å². The van der Waals surface area contributed by atoms with Crippen LogP contribution >= 0.6 is 22.7 Å². The van der Waals surface area contributed by atoms with Gasteiger partial charge in [0.15, 0.2) is 5.13 Å². The number of rotatable bonds is 2. The predicted octanol–water partition coefficient (Wildman–Crippen LogP) is 2.66. The molecular weight excluding hydrogens is 302 g/mol. The van der Waals surface area contributed by atoms with Crippen LogP contribution in [0.2, 0.25) is 0 Å². The molecule has 0 atom stereocenters. The second-order valence-electron chi connectivity index (χ2n) is 5.51. The number of amides is 1. The van der Waals surface area contributed by atoms with Crippen LogP contribution in [0.15, 0.2) is 17.6 Å². The number of aryl methyl sites for hydroxylation is 2. The first kappa shape index (κ1) is 13.3. The molecule has 0 radical (unpaired) electrons. The molecule has 1 aliphatic heterocycles. The smallest absolute Gasteiger partial charge is 0.264 e. The maximum absolute atomic E-state index is 12.6. The van der Waals surface area contributed by atoms with E-state index < -0.39 is 0 Å². The molecule has 0 N–H and O–H groups in total. The number of carbonyl (C=O) groups excluding carboxylic acids is 1. The predicted molar refractivity (Wildman–Crippen MR) is 86.6 cm³/mol. The van der Waals surface area contributed by atoms with E-state index in [1.54, 1.807) is 22.7 Å². The molecule has 6 heteroatoms. The summed E-state index contributed by atoms with van der Waals surface area (Å²) >= 11 is 3.37. The van der Waals surface area contributed by atoms with Gasteiger partial charge in [0, 0.05) is 42.6 Å². The molecule has 1 amide bonds. The highest BCUT2D eigenvalue weighted by atomic mass is 32.1. The summed E-state index contributed by atoms with van der Waals surface area (Å²) in [4.78, 5) is 23.6. The van der Waals surface area contributed by atoms with Gasteiger partial charge in [-0.15, -0.1) is 22.7 Å². The number of anilines is 1. The molecule has 110 valence electrons. The first-order chi connectivity index (χ1) is 10.3. The SMILES string of the molecule is O=C(c1cc2c(s1)CCC2)N1CCN(c2nccs2)CC1. The largest absolute Gasteiger partial charge is 0.345 e. The van der Waals surface area contributed by atoms with Crippen LogP contribution in [-0.2, 0) is 12.8 Å². The molecule has 2 aromatic rings. The van der Waals surface area contributed by atoms with E-state index in [9.17, 15) is 4.79 Å². The van der Waals surface area contributed by atoms with Gasteiger partial charge in [-0.3, -0.25) is 4.79 Å². The molecule has 0 spiro atoms. The highest BCUT2D eigenvalue weighted by Crippen LogP contribution is 2.31. The summed E-state index contributed by atoms with van der Waals surface area (Å²) in [6.07, 6.45) is 5.40. The molecule has 0 unspecified atom stereocenters. The van der Waals surface area contributed by atoms with Gasteiger partial charge in [0.05, 0.1) is 4.88 Å². The zero-order chi connectivity index (χ0) is 14.2. The second-order valence-corrected chi connectivity index (χ2v) is 7.52. The number of piperazine rings is 1.